The first-order chi connectivity index (χ1) is 19.1. The normalized spacial score (nSPS) is 11.2. The number of aryl methyl sites for hydroxylation is 2. The van der Waals surface area contributed by atoms with Crippen molar-refractivity contribution in [3.63, 3.8) is 0 Å². The van der Waals surface area contributed by atoms with Gasteiger partial charge in [-0.2, -0.15) is 5.10 Å². The lowest BCUT2D eigenvalue weighted by atomic mass is 10.1. The molecule has 39 heavy (non-hydrogen) atoms. The van der Waals surface area contributed by atoms with Gasteiger partial charge in [0.05, 0.1) is 30.9 Å². The summed E-state index contributed by atoms with van der Waals surface area (Å²) in [5, 5.41) is 7.05. The monoisotopic (exact) mass is 515 g/mol. The Balaban J connectivity index is 1.51. The minimum Gasteiger partial charge on any atom is -0.497 e. The Morgan fingerprint density at radius 2 is 1.59 bits per heavy atom. The minimum atomic E-state index is 0.457. The zero-order chi connectivity index (χ0) is 26.9. The fourth-order valence-electron chi connectivity index (χ4n) is 4.82. The smallest absolute Gasteiger partial charge is 0.161 e. The van der Waals surface area contributed by atoms with Crippen molar-refractivity contribution in [1.29, 1.82) is 0 Å². The molecular weight excluding hydrogens is 486 g/mol. The second-order valence-electron chi connectivity index (χ2n) is 9.57. The van der Waals surface area contributed by atoms with Crippen LogP contribution >= 0.6 is 0 Å². The molecule has 0 unspecified atom stereocenters. The topological polar surface area (TPSA) is 58.4 Å². The summed E-state index contributed by atoms with van der Waals surface area (Å²) < 4.78 is 19.4. The zero-order valence-electron chi connectivity index (χ0n) is 22.4. The van der Waals surface area contributed by atoms with Crippen LogP contribution in [0.2, 0.25) is 0 Å². The third-order valence-corrected chi connectivity index (χ3v) is 7.12. The van der Waals surface area contributed by atoms with Gasteiger partial charge in [0, 0.05) is 22.5 Å². The molecule has 2 heterocycles. The number of aromatic nitrogens is 3. The van der Waals surface area contributed by atoms with Gasteiger partial charge in [0.2, 0.25) is 0 Å². The number of nitrogens with zero attached hydrogens (tertiary/aromatic N) is 3. The molecular formula is C33H29N3O3. The quantitative estimate of drug-likeness (QED) is 0.221. The van der Waals surface area contributed by atoms with E-state index in [0.29, 0.717) is 18.1 Å². The van der Waals surface area contributed by atoms with Gasteiger partial charge in [-0.1, -0.05) is 36.4 Å². The van der Waals surface area contributed by atoms with Crippen molar-refractivity contribution in [2.45, 2.75) is 20.5 Å². The second-order valence-corrected chi connectivity index (χ2v) is 9.57. The standard InChI is InChI=1S/C33H29N3O3/c1-21-10-12-25(16-22(21)2)36-33-27-18-26(37-3)13-14-29(27)34-19-28(33)32(35-36)24-11-15-30(31(17-24)38-4)39-20-23-8-6-5-7-9-23/h5-19H,20H2,1-4H3. The van der Waals surface area contributed by atoms with Gasteiger partial charge in [-0.3, -0.25) is 4.98 Å². The maximum Gasteiger partial charge on any atom is 0.161 e. The molecule has 6 rings (SSSR count). The number of pyridine rings is 1. The largest absolute Gasteiger partial charge is 0.497 e. The van der Waals surface area contributed by atoms with E-state index in [9.17, 15) is 0 Å². The third kappa shape index (κ3) is 4.55. The summed E-state index contributed by atoms with van der Waals surface area (Å²) in [4.78, 5) is 4.77. The maximum atomic E-state index is 6.10. The number of methoxy groups -OCH3 is 2. The molecule has 0 saturated carbocycles. The maximum absolute atomic E-state index is 6.10. The van der Waals surface area contributed by atoms with Gasteiger partial charge in [-0.05, 0) is 79.1 Å². The van der Waals surface area contributed by atoms with Gasteiger partial charge in [-0.25, -0.2) is 4.68 Å². The van der Waals surface area contributed by atoms with Crippen LogP contribution in [0.1, 0.15) is 16.7 Å². The van der Waals surface area contributed by atoms with E-state index in [1.807, 2.05) is 77.6 Å². The molecule has 0 atom stereocenters. The lowest BCUT2D eigenvalue weighted by Gasteiger charge is -2.12. The molecule has 0 aliphatic rings. The average Bonchev–Trinajstić information content (AvgIpc) is 3.38. The molecule has 0 amide bonds. The molecule has 6 nitrogen and oxygen atoms in total. The highest BCUT2D eigenvalue weighted by Gasteiger charge is 2.19. The first-order valence-electron chi connectivity index (χ1n) is 12.8. The highest BCUT2D eigenvalue weighted by molar-refractivity contribution is 6.09. The number of rotatable bonds is 7. The van der Waals surface area contributed by atoms with Crippen molar-refractivity contribution < 1.29 is 14.2 Å². The van der Waals surface area contributed by atoms with Crippen LogP contribution in [0.15, 0.2) is 91.1 Å². The molecule has 0 aliphatic carbocycles. The lowest BCUT2D eigenvalue weighted by molar-refractivity contribution is 0.284. The van der Waals surface area contributed by atoms with Gasteiger partial charge in [0.25, 0.3) is 0 Å². The predicted molar refractivity (Wildman–Crippen MR) is 155 cm³/mol. The molecule has 2 aromatic heterocycles. The van der Waals surface area contributed by atoms with E-state index >= 15 is 0 Å². The summed E-state index contributed by atoms with van der Waals surface area (Å²) in [5.41, 5.74) is 8.09. The summed E-state index contributed by atoms with van der Waals surface area (Å²) in [7, 11) is 3.33. The van der Waals surface area contributed by atoms with Crippen LogP contribution in [0.5, 0.6) is 17.2 Å². The van der Waals surface area contributed by atoms with Crippen molar-refractivity contribution in [2.75, 3.05) is 14.2 Å². The van der Waals surface area contributed by atoms with Crippen molar-refractivity contribution in [3.8, 4) is 34.2 Å². The molecule has 194 valence electrons. The third-order valence-electron chi connectivity index (χ3n) is 7.12. The molecule has 0 fully saturated rings. The Morgan fingerprint density at radius 3 is 2.36 bits per heavy atom. The van der Waals surface area contributed by atoms with Crippen molar-refractivity contribution in [3.05, 3.63) is 108 Å². The van der Waals surface area contributed by atoms with Crippen LogP contribution in [0.3, 0.4) is 0 Å². The molecule has 0 bridgehead atoms. The van der Waals surface area contributed by atoms with Crippen LogP contribution in [-0.4, -0.2) is 29.0 Å². The van der Waals surface area contributed by atoms with Crippen molar-refractivity contribution in [1.82, 2.24) is 14.8 Å². The highest BCUT2D eigenvalue weighted by atomic mass is 16.5. The van der Waals surface area contributed by atoms with E-state index < -0.39 is 0 Å². The van der Waals surface area contributed by atoms with Crippen LogP contribution < -0.4 is 14.2 Å². The van der Waals surface area contributed by atoms with Gasteiger partial charge in [0.15, 0.2) is 11.5 Å². The molecule has 6 aromatic rings. The number of fused-ring (bicyclic) bond motifs is 3. The van der Waals surface area contributed by atoms with E-state index in [0.717, 1.165) is 50.1 Å². The Morgan fingerprint density at radius 1 is 0.744 bits per heavy atom. The van der Waals surface area contributed by atoms with Gasteiger partial charge >= 0.3 is 0 Å². The van der Waals surface area contributed by atoms with Crippen LogP contribution in [-0.2, 0) is 6.61 Å². The van der Waals surface area contributed by atoms with Crippen LogP contribution in [0.25, 0.3) is 38.8 Å². The van der Waals surface area contributed by atoms with Crippen LogP contribution in [0.4, 0.5) is 0 Å². The SMILES string of the molecule is COc1ccc2ncc3c(-c4ccc(OCc5ccccc5)c(OC)c4)nn(-c4ccc(C)c(C)c4)c3c2c1. The Hall–Kier alpha value is -4.84. The Labute approximate surface area is 227 Å². The molecule has 0 N–H and O–H groups in total. The highest BCUT2D eigenvalue weighted by Crippen LogP contribution is 2.38. The predicted octanol–water partition coefficient (Wildman–Crippen LogP) is 7.45. The molecule has 4 aromatic carbocycles. The van der Waals surface area contributed by atoms with Gasteiger partial charge < -0.3 is 14.2 Å². The molecule has 0 aliphatic heterocycles. The minimum absolute atomic E-state index is 0.457. The second kappa shape index (κ2) is 10.1. The average molecular weight is 516 g/mol. The molecule has 0 spiro atoms. The fraction of sp³-hybridized carbons (Fsp3) is 0.152. The summed E-state index contributed by atoms with van der Waals surface area (Å²) >= 11 is 0. The van der Waals surface area contributed by atoms with E-state index in [1.54, 1.807) is 14.2 Å². The number of hydrogen-bond donors (Lipinski definition) is 0. The summed E-state index contributed by atoms with van der Waals surface area (Å²) in [6.45, 7) is 4.69. The fourth-order valence-corrected chi connectivity index (χ4v) is 4.82. The van der Waals surface area contributed by atoms with Crippen molar-refractivity contribution >= 4 is 21.8 Å². The number of hydrogen-bond acceptors (Lipinski definition) is 5. The Bertz CT molecular complexity index is 1810. The van der Waals surface area contributed by atoms with Crippen LogP contribution in [0, 0.1) is 13.8 Å². The molecule has 0 saturated heterocycles. The van der Waals surface area contributed by atoms with Gasteiger partial charge in [-0.15, -0.1) is 0 Å². The van der Waals surface area contributed by atoms with E-state index in [4.69, 9.17) is 24.3 Å². The Kier molecular flexibility index (Phi) is 6.37. The first kappa shape index (κ1) is 24.5. The molecule has 0 radical (unpaired) electrons. The van der Waals surface area contributed by atoms with E-state index in [1.165, 1.54) is 11.1 Å². The first-order valence-corrected chi connectivity index (χ1v) is 12.8. The zero-order valence-corrected chi connectivity index (χ0v) is 22.4. The van der Waals surface area contributed by atoms with Crippen molar-refractivity contribution in [2.24, 2.45) is 0 Å². The number of ether oxygens (including phenoxy) is 3. The summed E-state index contributed by atoms with van der Waals surface area (Å²) in [5.74, 6) is 2.09. The van der Waals surface area contributed by atoms with E-state index in [2.05, 4.69) is 32.0 Å². The summed E-state index contributed by atoms with van der Waals surface area (Å²) in [6, 6.07) is 28.3. The van der Waals surface area contributed by atoms with Gasteiger partial charge in [0.1, 0.15) is 18.1 Å². The molecule has 6 heteroatoms. The lowest BCUT2D eigenvalue weighted by Crippen LogP contribution is -1.99. The van der Waals surface area contributed by atoms with E-state index in [-0.39, 0.29) is 0 Å². The number of benzene rings is 4. The summed E-state index contributed by atoms with van der Waals surface area (Å²) in [6.07, 6.45) is 1.90.